The Hall–Kier alpha value is -4.07. The van der Waals surface area contributed by atoms with Crippen LogP contribution in [0.3, 0.4) is 0 Å². The molecule has 8 nitrogen and oxygen atoms in total. The second kappa shape index (κ2) is 10.7. The third kappa shape index (κ3) is 5.27. The van der Waals surface area contributed by atoms with Gasteiger partial charge in [-0.25, -0.2) is 5.01 Å². The minimum absolute atomic E-state index is 0.202. The molecule has 0 bridgehead atoms. The highest BCUT2D eigenvalue weighted by atomic mass is 16.5. The van der Waals surface area contributed by atoms with Crippen molar-refractivity contribution in [1.29, 1.82) is 0 Å². The van der Waals surface area contributed by atoms with E-state index in [1.807, 2.05) is 18.2 Å². The molecule has 2 aromatic carbocycles. The molecule has 8 heteroatoms. The number of carbonyl (C=O) groups is 2. The first-order chi connectivity index (χ1) is 17.6. The molecule has 0 radical (unpaired) electrons. The van der Waals surface area contributed by atoms with E-state index in [-0.39, 0.29) is 23.7 Å². The van der Waals surface area contributed by atoms with Gasteiger partial charge in [0.1, 0.15) is 0 Å². The maximum absolute atomic E-state index is 13.3. The normalized spacial score (nSPS) is 15.9. The van der Waals surface area contributed by atoms with Crippen molar-refractivity contribution in [3.8, 4) is 11.5 Å². The van der Waals surface area contributed by atoms with Gasteiger partial charge in [0.05, 0.1) is 25.2 Å². The van der Waals surface area contributed by atoms with Crippen LogP contribution in [-0.2, 0) is 0 Å². The molecule has 1 N–H and O–H groups in total. The number of rotatable bonds is 7. The van der Waals surface area contributed by atoms with Crippen LogP contribution in [0.1, 0.15) is 65.0 Å². The highest BCUT2D eigenvalue weighted by Gasteiger charge is 2.23. The fourth-order valence-electron chi connectivity index (χ4n) is 4.60. The average Bonchev–Trinajstić information content (AvgIpc) is 3.63. The van der Waals surface area contributed by atoms with E-state index < -0.39 is 0 Å². The minimum Gasteiger partial charge on any atom is -0.493 e. The number of nitrogens with zero attached hydrogens (tertiary/aromatic N) is 2. The Bertz CT molecular complexity index is 1260. The summed E-state index contributed by atoms with van der Waals surface area (Å²) < 4.78 is 16.9. The summed E-state index contributed by atoms with van der Waals surface area (Å²) in [5.41, 5.74) is 2.70. The van der Waals surface area contributed by atoms with Crippen molar-refractivity contribution < 1.29 is 23.5 Å². The smallest absolute Gasteiger partial charge is 0.291 e. The standard InChI is InChI=1S/C28H29N3O5/c1-34-24-14-13-19(18-26(24)36-22-9-2-3-10-22)23-11-5-15-31(30-23)28(33)20-7-4-8-21(17-20)29-27(32)25-12-6-16-35-25/h4,6-8,12-14,16-18,22H,2-3,5,9-11,15H2,1H3,(H,29,32). The Labute approximate surface area is 209 Å². The Kier molecular flexibility index (Phi) is 7.02. The Morgan fingerprint density at radius 1 is 1.03 bits per heavy atom. The highest BCUT2D eigenvalue weighted by Crippen LogP contribution is 2.33. The van der Waals surface area contributed by atoms with Crippen molar-refractivity contribution in [2.45, 2.75) is 44.6 Å². The summed E-state index contributed by atoms with van der Waals surface area (Å²) in [4.78, 5) is 25.6. The lowest BCUT2D eigenvalue weighted by atomic mass is 10.0. The molecule has 2 aliphatic rings. The highest BCUT2D eigenvalue weighted by molar-refractivity contribution is 6.05. The number of benzene rings is 2. The molecule has 0 atom stereocenters. The van der Waals surface area contributed by atoms with Gasteiger partial charge in [0.15, 0.2) is 17.3 Å². The number of nitrogens with one attached hydrogen (secondary N) is 1. The lowest BCUT2D eigenvalue weighted by Gasteiger charge is -2.24. The number of anilines is 1. The Balaban J connectivity index is 1.33. The topological polar surface area (TPSA) is 93.4 Å². The van der Waals surface area contributed by atoms with Gasteiger partial charge in [0.25, 0.3) is 11.8 Å². The summed E-state index contributed by atoms with van der Waals surface area (Å²) in [6.45, 7) is 0.521. The Morgan fingerprint density at radius 3 is 2.67 bits per heavy atom. The molecule has 0 spiro atoms. The largest absolute Gasteiger partial charge is 0.493 e. The number of hydrogen-bond donors (Lipinski definition) is 1. The van der Waals surface area contributed by atoms with Crippen LogP contribution < -0.4 is 14.8 Å². The second-order valence-electron chi connectivity index (χ2n) is 8.98. The van der Waals surface area contributed by atoms with Gasteiger partial charge in [0, 0.05) is 23.4 Å². The minimum atomic E-state index is -0.377. The van der Waals surface area contributed by atoms with E-state index in [0.717, 1.165) is 37.0 Å². The van der Waals surface area contributed by atoms with Crippen molar-refractivity contribution in [1.82, 2.24) is 5.01 Å². The number of amides is 2. The van der Waals surface area contributed by atoms with Gasteiger partial charge in [-0.3, -0.25) is 9.59 Å². The van der Waals surface area contributed by atoms with Crippen molar-refractivity contribution >= 4 is 23.2 Å². The summed E-state index contributed by atoms with van der Waals surface area (Å²) in [5, 5.41) is 8.94. The van der Waals surface area contributed by atoms with Crippen molar-refractivity contribution in [3.05, 3.63) is 77.7 Å². The molecule has 2 amide bonds. The van der Waals surface area contributed by atoms with Gasteiger partial charge >= 0.3 is 0 Å². The van der Waals surface area contributed by atoms with E-state index in [0.29, 0.717) is 29.3 Å². The van der Waals surface area contributed by atoms with Crippen LogP contribution in [0.25, 0.3) is 0 Å². The van der Waals surface area contributed by atoms with Crippen LogP contribution in [0.4, 0.5) is 5.69 Å². The first kappa shape index (κ1) is 23.7. The second-order valence-corrected chi connectivity index (χ2v) is 8.98. The number of hydrogen-bond acceptors (Lipinski definition) is 6. The molecule has 36 heavy (non-hydrogen) atoms. The summed E-state index contributed by atoms with van der Waals surface area (Å²) in [6.07, 6.45) is 7.68. The van der Waals surface area contributed by atoms with Crippen LogP contribution in [0, 0.1) is 0 Å². The average molecular weight is 488 g/mol. The molecule has 1 aliphatic heterocycles. The van der Waals surface area contributed by atoms with E-state index in [9.17, 15) is 9.59 Å². The molecule has 5 rings (SSSR count). The lowest BCUT2D eigenvalue weighted by molar-refractivity contribution is 0.0751. The third-order valence-corrected chi connectivity index (χ3v) is 6.46. The van der Waals surface area contributed by atoms with Crippen LogP contribution in [0.5, 0.6) is 11.5 Å². The van der Waals surface area contributed by atoms with Gasteiger partial charge in [-0.15, -0.1) is 0 Å². The van der Waals surface area contributed by atoms with Crippen LogP contribution in [0.15, 0.2) is 70.4 Å². The van der Waals surface area contributed by atoms with Crippen molar-refractivity contribution in [3.63, 3.8) is 0 Å². The molecule has 0 unspecified atom stereocenters. The number of carbonyl (C=O) groups excluding carboxylic acids is 2. The first-order valence-corrected chi connectivity index (χ1v) is 12.3. The zero-order chi connectivity index (χ0) is 24.9. The van der Waals surface area contributed by atoms with Crippen LogP contribution >= 0.6 is 0 Å². The van der Waals surface area contributed by atoms with E-state index >= 15 is 0 Å². The van der Waals surface area contributed by atoms with E-state index in [1.165, 1.54) is 24.1 Å². The monoisotopic (exact) mass is 487 g/mol. The van der Waals surface area contributed by atoms with Crippen LogP contribution in [-0.4, -0.2) is 42.3 Å². The summed E-state index contributed by atoms with van der Waals surface area (Å²) in [6, 6.07) is 15.9. The number of methoxy groups -OCH3 is 1. The van der Waals surface area contributed by atoms with Gasteiger partial charge in [-0.2, -0.15) is 5.10 Å². The number of hydrazone groups is 1. The SMILES string of the molecule is COc1ccc(C2=NN(C(=O)c3cccc(NC(=O)c4ccco4)c3)CCC2)cc1OC1CCCC1. The molecule has 1 aromatic heterocycles. The zero-order valence-electron chi connectivity index (χ0n) is 20.2. The van der Waals surface area contributed by atoms with E-state index in [4.69, 9.17) is 13.9 Å². The maximum Gasteiger partial charge on any atom is 0.291 e. The molecule has 1 saturated carbocycles. The van der Waals surface area contributed by atoms with Gasteiger partial charge in [0.2, 0.25) is 0 Å². The maximum atomic E-state index is 13.3. The number of ether oxygens (including phenoxy) is 2. The van der Waals surface area contributed by atoms with Crippen molar-refractivity contribution in [2.75, 3.05) is 19.0 Å². The molecular formula is C28H29N3O5. The summed E-state index contributed by atoms with van der Waals surface area (Å²) >= 11 is 0. The Morgan fingerprint density at radius 2 is 1.89 bits per heavy atom. The fraction of sp³-hybridized carbons (Fsp3) is 0.321. The van der Waals surface area contributed by atoms with Crippen LogP contribution in [0.2, 0.25) is 0 Å². The van der Waals surface area contributed by atoms with Gasteiger partial charge in [-0.05, 0) is 87.1 Å². The molecule has 3 aromatic rings. The zero-order valence-corrected chi connectivity index (χ0v) is 20.2. The van der Waals surface area contributed by atoms with Crippen molar-refractivity contribution in [2.24, 2.45) is 5.10 Å². The predicted octanol–water partition coefficient (Wildman–Crippen LogP) is 5.50. The summed E-state index contributed by atoms with van der Waals surface area (Å²) in [7, 11) is 1.64. The van der Waals surface area contributed by atoms with Gasteiger partial charge in [-0.1, -0.05) is 6.07 Å². The molecule has 0 saturated heterocycles. The number of furan rings is 1. The quantitative estimate of drug-likeness (QED) is 0.475. The van der Waals surface area contributed by atoms with E-state index in [1.54, 1.807) is 43.5 Å². The summed E-state index contributed by atoms with van der Waals surface area (Å²) in [5.74, 6) is 1.01. The van der Waals surface area contributed by atoms with Gasteiger partial charge < -0.3 is 19.2 Å². The molecule has 1 fully saturated rings. The van der Waals surface area contributed by atoms with E-state index in [2.05, 4.69) is 10.4 Å². The predicted molar refractivity (Wildman–Crippen MR) is 136 cm³/mol. The molecule has 186 valence electrons. The molecular weight excluding hydrogens is 458 g/mol. The fourth-order valence-corrected chi connectivity index (χ4v) is 4.60. The molecule has 2 heterocycles. The first-order valence-electron chi connectivity index (χ1n) is 12.3. The molecule has 1 aliphatic carbocycles. The lowest BCUT2D eigenvalue weighted by Crippen LogP contribution is -2.32. The third-order valence-electron chi connectivity index (χ3n) is 6.46.